The SMILES string of the molecule is Cc1cc(OC(=O)[C@H]2CC[C@H](C)CC2)cc(OC(=O)[C@H]2CC[C@H](C)CC2)c1. The van der Waals surface area contributed by atoms with E-state index in [0.29, 0.717) is 23.3 Å². The van der Waals surface area contributed by atoms with E-state index in [0.717, 1.165) is 56.9 Å². The van der Waals surface area contributed by atoms with Crippen molar-refractivity contribution in [1.29, 1.82) is 0 Å². The highest BCUT2D eigenvalue weighted by Crippen LogP contribution is 2.32. The van der Waals surface area contributed by atoms with Crippen LogP contribution in [-0.4, -0.2) is 11.9 Å². The van der Waals surface area contributed by atoms with Crippen LogP contribution in [0.4, 0.5) is 0 Å². The molecule has 0 N–H and O–H groups in total. The number of benzene rings is 1. The summed E-state index contributed by atoms with van der Waals surface area (Å²) in [5, 5.41) is 0. The van der Waals surface area contributed by atoms with Crippen LogP contribution in [0, 0.1) is 30.6 Å². The van der Waals surface area contributed by atoms with Crippen LogP contribution in [0.1, 0.15) is 70.8 Å². The van der Waals surface area contributed by atoms with Gasteiger partial charge < -0.3 is 9.47 Å². The van der Waals surface area contributed by atoms with Crippen molar-refractivity contribution >= 4 is 11.9 Å². The van der Waals surface area contributed by atoms with Gasteiger partial charge in [-0.2, -0.15) is 0 Å². The van der Waals surface area contributed by atoms with Crippen molar-refractivity contribution in [2.24, 2.45) is 23.7 Å². The first-order valence-electron chi connectivity index (χ1n) is 10.5. The molecule has 2 fully saturated rings. The van der Waals surface area contributed by atoms with Crippen molar-refractivity contribution in [1.82, 2.24) is 0 Å². The van der Waals surface area contributed by atoms with Crippen molar-refractivity contribution in [2.45, 2.75) is 72.1 Å². The molecule has 1 aromatic rings. The Hall–Kier alpha value is -1.84. The second kappa shape index (κ2) is 8.90. The van der Waals surface area contributed by atoms with E-state index in [2.05, 4.69) is 13.8 Å². The molecule has 148 valence electrons. The minimum Gasteiger partial charge on any atom is -0.426 e. The first kappa shape index (κ1) is 19.9. The Balaban J connectivity index is 1.60. The maximum Gasteiger partial charge on any atom is 0.314 e. The Kier molecular flexibility index (Phi) is 6.56. The van der Waals surface area contributed by atoms with Crippen LogP contribution in [0.25, 0.3) is 0 Å². The Morgan fingerprint density at radius 3 is 1.44 bits per heavy atom. The fraction of sp³-hybridized carbons (Fsp3) is 0.652. The molecule has 3 rings (SSSR count). The first-order valence-corrected chi connectivity index (χ1v) is 10.5. The molecule has 0 spiro atoms. The maximum absolute atomic E-state index is 12.5. The topological polar surface area (TPSA) is 52.6 Å². The largest absolute Gasteiger partial charge is 0.426 e. The van der Waals surface area contributed by atoms with E-state index in [1.54, 1.807) is 6.07 Å². The number of aryl methyl sites for hydroxylation is 1. The Morgan fingerprint density at radius 1 is 0.704 bits per heavy atom. The number of hydrogen-bond donors (Lipinski definition) is 0. The summed E-state index contributed by atoms with van der Waals surface area (Å²) in [5.74, 6) is 1.98. The summed E-state index contributed by atoms with van der Waals surface area (Å²) >= 11 is 0. The lowest BCUT2D eigenvalue weighted by Crippen LogP contribution is -2.25. The van der Waals surface area contributed by atoms with E-state index in [4.69, 9.17) is 9.47 Å². The highest BCUT2D eigenvalue weighted by molar-refractivity contribution is 5.77. The Morgan fingerprint density at radius 2 is 1.07 bits per heavy atom. The molecular weight excluding hydrogens is 340 g/mol. The molecule has 4 nitrogen and oxygen atoms in total. The quantitative estimate of drug-likeness (QED) is 0.520. The lowest BCUT2D eigenvalue weighted by atomic mass is 9.83. The van der Waals surface area contributed by atoms with Crippen LogP contribution in [0.15, 0.2) is 18.2 Å². The summed E-state index contributed by atoms with van der Waals surface area (Å²) in [5.41, 5.74) is 0.914. The van der Waals surface area contributed by atoms with Crippen molar-refractivity contribution in [2.75, 3.05) is 0 Å². The molecule has 0 atom stereocenters. The van der Waals surface area contributed by atoms with E-state index >= 15 is 0 Å². The molecule has 0 unspecified atom stereocenters. The van der Waals surface area contributed by atoms with Gasteiger partial charge in [0.1, 0.15) is 11.5 Å². The standard InChI is InChI=1S/C23H32O4/c1-15-4-8-18(9-5-15)22(24)26-20-12-17(3)13-21(14-20)27-23(25)19-10-6-16(2)7-11-19/h12-16,18-19H,4-11H2,1-3H3/t15-,16-,18-,19-. The Bertz CT molecular complexity index is 611. The van der Waals surface area contributed by atoms with Gasteiger partial charge in [-0.15, -0.1) is 0 Å². The molecule has 2 saturated carbocycles. The summed E-state index contributed by atoms with van der Waals surface area (Å²) in [4.78, 5) is 24.9. The maximum atomic E-state index is 12.5. The van der Waals surface area contributed by atoms with Crippen LogP contribution in [0.3, 0.4) is 0 Å². The van der Waals surface area contributed by atoms with Gasteiger partial charge in [-0.05, 0) is 87.8 Å². The minimum absolute atomic E-state index is 0.0167. The van der Waals surface area contributed by atoms with E-state index in [-0.39, 0.29) is 23.8 Å². The van der Waals surface area contributed by atoms with Gasteiger partial charge in [0.05, 0.1) is 11.8 Å². The molecule has 0 saturated heterocycles. The average Bonchev–Trinajstić information content (AvgIpc) is 2.62. The number of ether oxygens (including phenoxy) is 2. The predicted octanol–water partition coefficient (Wildman–Crippen LogP) is 5.46. The molecule has 27 heavy (non-hydrogen) atoms. The molecule has 0 bridgehead atoms. The van der Waals surface area contributed by atoms with Gasteiger partial charge in [-0.3, -0.25) is 9.59 Å². The summed E-state index contributed by atoms with van der Waals surface area (Å²) < 4.78 is 11.2. The molecule has 0 aliphatic heterocycles. The smallest absolute Gasteiger partial charge is 0.314 e. The highest BCUT2D eigenvalue weighted by Gasteiger charge is 2.27. The zero-order chi connectivity index (χ0) is 19.4. The van der Waals surface area contributed by atoms with E-state index in [1.165, 1.54) is 0 Å². The normalized spacial score (nSPS) is 28.4. The third kappa shape index (κ3) is 5.57. The second-order valence-corrected chi connectivity index (χ2v) is 8.74. The number of hydrogen-bond acceptors (Lipinski definition) is 4. The fourth-order valence-corrected chi connectivity index (χ4v) is 4.22. The molecular formula is C23H32O4. The predicted molar refractivity (Wildman–Crippen MR) is 105 cm³/mol. The van der Waals surface area contributed by atoms with Crippen LogP contribution in [0.5, 0.6) is 11.5 Å². The Labute approximate surface area is 162 Å². The van der Waals surface area contributed by atoms with Crippen molar-refractivity contribution < 1.29 is 19.1 Å². The summed E-state index contributed by atoms with van der Waals surface area (Å²) in [6.07, 6.45) is 7.91. The molecule has 0 aromatic heterocycles. The van der Waals surface area contributed by atoms with Crippen molar-refractivity contribution in [3.05, 3.63) is 23.8 Å². The lowest BCUT2D eigenvalue weighted by molar-refractivity contribution is -0.140. The zero-order valence-electron chi connectivity index (χ0n) is 16.8. The summed E-state index contributed by atoms with van der Waals surface area (Å²) in [6, 6.07) is 5.31. The monoisotopic (exact) mass is 372 g/mol. The van der Waals surface area contributed by atoms with Crippen molar-refractivity contribution in [3.63, 3.8) is 0 Å². The van der Waals surface area contributed by atoms with E-state index in [1.807, 2.05) is 19.1 Å². The average molecular weight is 373 g/mol. The summed E-state index contributed by atoms with van der Waals surface area (Å²) in [7, 11) is 0. The molecule has 0 heterocycles. The summed E-state index contributed by atoms with van der Waals surface area (Å²) in [6.45, 7) is 6.38. The molecule has 2 aliphatic rings. The first-order chi connectivity index (χ1) is 12.9. The van der Waals surface area contributed by atoms with Gasteiger partial charge in [0.25, 0.3) is 0 Å². The molecule has 0 radical (unpaired) electrons. The fourth-order valence-electron chi connectivity index (χ4n) is 4.22. The third-order valence-corrected chi connectivity index (χ3v) is 6.16. The van der Waals surface area contributed by atoms with E-state index < -0.39 is 0 Å². The number of esters is 2. The van der Waals surface area contributed by atoms with Crippen LogP contribution < -0.4 is 9.47 Å². The molecule has 2 aliphatic carbocycles. The van der Waals surface area contributed by atoms with Crippen molar-refractivity contribution in [3.8, 4) is 11.5 Å². The van der Waals surface area contributed by atoms with Gasteiger partial charge in [-0.25, -0.2) is 0 Å². The lowest BCUT2D eigenvalue weighted by Gasteiger charge is -2.25. The molecule has 0 amide bonds. The minimum atomic E-state index is -0.161. The second-order valence-electron chi connectivity index (χ2n) is 8.74. The highest BCUT2D eigenvalue weighted by atomic mass is 16.5. The van der Waals surface area contributed by atoms with Crippen LogP contribution in [0.2, 0.25) is 0 Å². The zero-order valence-corrected chi connectivity index (χ0v) is 16.8. The van der Waals surface area contributed by atoms with Gasteiger partial charge >= 0.3 is 11.9 Å². The van der Waals surface area contributed by atoms with Gasteiger partial charge in [-0.1, -0.05) is 13.8 Å². The molecule has 1 aromatic carbocycles. The van der Waals surface area contributed by atoms with Gasteiger partial charge in [0.15, 0.2) is 0 Å². The van der Waals surface area contributed by atoms with Gasteiger partial charge in [0.2, 0.25) is 0 Å². The van der Waals surface area contributed by atoms with Crippen LogP contribution >= 0.6 is 0 Å². The van der Waals surface area contributed by atoms with Gasteiger partial charge in [0, 0.05) is 6.07 Å². The number of carbonyl (C=O) groups excluding carboxylic acids is 2. The number of carbonyl (C=O) groups is 2. The number of rotatable bonds is 4. The van der Waals surface area contributed by atoms with Crippen LogP contribution in [-0.2, 0) is 9.59 Å². The van der Waals surface area contributed by atoms with E-state index in [9.17, 15) is 9.59 Å². The molecule has 4 heteroatoms. The third-order valence-electron chi connectivity index (χ3n) is 6.16.